The molecule has 0 fully saturated rings. The minimum atomic E-state index is -0.979. The van der Waals surface area contributed by atoms with Crippen LogP contribution in [0.4, 0.5) is 0 Å². The highest BCUT2D eigenvalue weighted by atomic mass is 16.5. The Bertz CT molecular complexity index is 853. The van der Waals surface area contributed by atoms with Crippen molar-refractivity contribution in [2.24, 2.45) is 0 Å². The fourth-order valence-electron chi connectivity index (χ4n) is 2.19. The van der Waals surface area contributed by atoms with Crippen molar-refractivity contribution < 1.29 is 19.1 Å². The molecule has 0 unspecified atom stereocenters. The van der Waals surface area contributed by atoms with Gasteiger partial charge in [-0.3, -0.25) is 0 Å². The predicted octanol–water partition coefficient (Wildman–Crippen LogP) is 3.42. The lowest BCUT2D eigenvalue weighted by atomic mass is 10.1. The zero-order valence-corrected chi connectivity index (χ0v) is 12.6. The van der Waals surface area contributed by atoms with Gasteiger partial charge in [0.2, 0.25) is 5.89 Å². The molecule has 2 aromatic carbocycles. The van der Waals surface area contributed by atoms with Crippen molar-refractivity contribution in [1.29, 1.82) is 0 Å². The monoisotopic (exact) mass is 310 g/mol. The van der Waals surface area contributed by atoms with E-state index in [-0.39, 0.29) is 5.56 Å². The largest absolute Gasteiger partial charge is 0.496 e. The maximum atomic E-state index is 10.9. The molecule has 23 heavy (non-hydrogen) atoms. The Kier molecular flexibility index (Phi) is 3.80. The van der Waals surface area contributed by atoms with Crippen LogP contribution in [0.15, 0.2) is 46.9 Å². The number of hydrogen-bond donors (Lipinski definition) is 1. The van der Waals surface area contributed by atoms with Crippen LogP contribution < -0.4 is 4.74 Å². The standard InChI is InChI=1S/C17H14N2O4/c1-10-3-8-14(22-2)13(9-10)16-19-18-15(23-16)11-4-6-12(7-5-11)17(20)21/h3-9H,1-2H3,(H,20,21). The third-order valence-electron chi connectivity index (χ3n) is 3.39. The molecule has 0 atom stereocenters. The number of carboxylic acid groups (broad SMARTS) is 1. The molecule has 0 radical (unpaired) electrons. The van der Waals surface area contributed by atoms with Crippen LogP contribution >= 0.6 is 0 Å². The fourth-order valence-corrected chi connectivity index (χ4v) is 2.19. The van der Waals surface area contributed by atoms with Crippen LogP contribution in [0.2, 0.25) is 0 Å². The molecule has 0 saturated heterocycles. The number of ether oxygens (including phenoxy) is 1. The summed E-state index contributed by atoms with van der Waals surface area (Å²) in [7, 11) is 1.58. The van der Waals surface area contributed by atoms with E-state index in [0.29, 0.717) is 28.7 Å². The summed E-state index contributed by atoms with van der Waals surface area (Å²) in [6.45, 7) is 1.96. The number of rotatable bonds is 4. The Hall–Kier alpha value is -3.15. The normalized spacial score (nSPS) is 10.5. The number of aromatic nitrogens is 2. The summed E-state index contributed by atoms with van der Waals surface area (Å²) in [5.74, 6) is 0.336. The maximum Gasteiger partial charge on any atom is 0.335 e. The molecule has 3 rings (SSSR count). The number of methoxy groups -OCH3 is 1. The van der Waals surface area contributed by atoms with Crippen molar-refractivity contribution in [2.75, 3.05) is 7.11 Å². The van der Waals surface area contributed by atoms with E-state index < -0.39 is 5.97 Å². The molecule has 0 aliphatic carbocycles. The van der Waals surface area contributed by atoms with Gasteiger partial charge in [0.15, 0.2) is 0 Å². The number of aryl methyl sites for hydroxylation is 1. The van der Waals surface area contributed by atoms with Gasteiger partial charge < -0.3 is 14.3 Å². The van der Waals surface area contributed by atoms with Gasteiger partial charge in [-0.05, 0) is 43.3 Å². The molecule has 1 aromatic heterocycles. The predicted molar refractivity (Wildman–Crippen MR) is 83.4 cm³/mol. The maximum absolute atomic E-state index is 10.9. The Morgan fingerprint density at radius 3 is 2.43 bits per heavy atom. The summed E-state index contributed by atoms with van der Waals surface area (Å²) in [4.78, 5) is 10.9. The van der Waals surface area contributed by atoms with Gasteiger partial charge in [-0.1, -0.05) is 11.6 Å². The van der Waals surface area contributed by atoms with Gasteiger partial charge in [-0.2, -0.15) is 0 Å². The molecule has 6 nitrogen and oxygen atoms in total. The molecular formula is C17H14N2O4. The van der Waals surface area contributed by atoms with Gasteiger partial charge in [0.1, 0.15) is 5.75 Å². The van der Waals surface area contributed by atoms with E-state index >= 15 is 0 Å². The van der Waals surface area contributed by atoms with Crippen LogP contribution in [0.1, 0.15) is 15.9 Å². The topological polar surface area (TPSA) is 85.5 Å². The van der Waals surface area contributed by atoms with Crippen LogP contribution in [-0.4, -0.2) is 28.4 Å². The van der Waals surface area contributed by atoms with E-state index in [9.17, 15) is 4.79 Å². The molecule has 0 spiro atoms. The molecule has 0 saturated carbocycles. The molecule has 3 aromatic rings. The zero-order valence-electron chi connectivity index (χ0n) is 12.6. The van der Waals surface area contributed by atoms with Crippen molar-refractivity contribution in [3.63, 3.8) is 0 Å². The van der Waals surface area contributed by atoms with Crippen LogP contribution in [-0.2, 0) is 0 Å². The van der Waals surface area contributed by atoms with Crippen LogP contribution in [0, 0.1) is 6.92 Å². The van der Waals surface area contributed by atoms with Crippen LogP contribution in [0.25, 0.3) is 22.9 Å². The molecule has 116 valence electrons. The minimum Gasteiger partial charge on any atom is -0.496 e. The van der Waals surface area contributed by atoms with E-state index in [1.165, 1.54) is 12.1 Å². The first kappa shape index (κ1) is 14.8. The van der Waals surface area contributed by atoms with Gasteiger partial charge in [-0.15, -0.1) is 10.2 Å². The van der Waals surface area contributed by atoms with E-state index in [1.54, 1.807) is 19.2 Å². The number of carbonyl (C=O) groups is 1. The summed E-state index contributed by atoms with van der Waals surface area (Å²) < 4.78 is 11.0. The number of carboxylic acids is 1. The number of aromatic carboxylic acids is 1. The summed E-state index contributed by atoms with van der Waals surface area (Å²) in [6, 6.07) is 11.9. The van der Waals surface area contributed by atoms with Crippen molar-refractivity contribution in [3.8, 4) is 28.7 Å². The van der Waals surface area contributed by atoms with Gasteiger partial charge in [-0.25, -0.2) is 4.79 Å². The summed E-state index contributed by atoms with van der Waals surface area (Å²) in [5, 5.41) is 17.0. The lowest BCUT2D eigenvalue weighted by Gasteiger charge is -2.05. The van der Waals surface area contributed by atoms with Crippen molar-refractivity contribution in [2.45, 2.75) is 6.92 Å². The van der Waals surface area contributed by atoms with E-state index in [0.717, 1.165) is 5.56 Å². The SMILES string of the molecule is COc1ccc(C)cc1-c1nnc(-c2ccc(C(=O)O)cc2)o1. The van der Waals surface area contributed by atoms with Crippen molar-refractivity contribution in [1.82, 2.24) is 10.2 Å². The molecule has 6 heteroatoms. The summed E-state index contributed by atoms with van der Waals surface area (Å²) in [6.07, 6.45) is 0. The molecule has 0 aliphatic rings. The molecule has 1 heterocycles. The quantitative estimate of drug-likeness (QED) is 0.794. The highest BCUT2D eigenvalue weighted by Gasteiger charge is 2.15. The zero-order chi connectivity index (χ0) is 16.4. The average molecular weight is 310 g/mol. The minimum absolute atomic E-state index is 0.203. The van der Waals surface area contributed by atoms with Crippen molar-refractivity contribution >= 4 is 5.97 Å². The van der Waals surface area contributed by atoms with Gasteiger partial charge in [0.25, 0.3) is 5.89 Å². The molecule has 0 aliphatic heterocycles. The smallest absolute Gasteiger partial charge is 0.335 e. The molecular weight excluding hydrogens is 296 g/mol. The summed E-state index contributed by atoms with van der Waals surface area (Å²) >= 11 is 0. The highest BCUT2D eigenvalue weighted by Crippen LogP contribution is 2.31. The second-order valence-corrected chi connectivity index (χ2v) is 5.00. The van der Waals surface area contributed by atoms with Gasteiger partial charge in [0.05, 0.1) is 18.2 Å². The lowest BCUT2D eigenvalue weighted by molar-refractivity contribution is 0.0697. The Balaban J connectivity index is 1.97. The van der Waals surface area contributed by atoms with Crippen LogP contribution in [0.5, 0.6) is 5.75 Å². The first-order chi connectivity index (χ1) is 11.1. The third-order valence-corrected chi connectivity index (χ3v) is 3.39. The third kappa shape index (κ3) is 2.91. The van der Waals surface area contributed by atoms with E-state index in [4.69, 9.17) is 14.3 Å². The Morgan fingerprint density at radius 1 is 1.09 bits per heavy atom. The molecule has 1 N–H and O–H groups in total. The average Bonchev–Trinajstić information content (AvgIpc) is 3.04. The van der Waals surface area contributed by atoms with Gasteiger partial charge in [0, 0.05) is 5.56 Å². The van der Waals surface area contributed by atoms with Crippen molar-refractivity contribution in [3.05, 3.63) is 53.6 Å². The number of benzene rings is 2. The van der Waals surface area contributed by atoms with Crippen LogP contribution in [0.3, 0.4) is 0 Å². The second kappa shape index (κ2) is 5.92. The highest BCUT2D eigenvalue weighted by molar-refractivity contribution is 5.88. The number of hydrogen-bond acceptors (Lipinski definition) is 5. The first-order valence-electron chi connectivity index (χ1n) is 6.90. The second-order valence-electron chi connectivity index (χ2n) is 5.00. The first-order valence-corrected chi connectivity index (χ1v) is 6.90. The van der Waals surface area contributed by atoms with E-state index in [2.05, 4.69) is 10.2 Å². The molecule has 0 amide bonds. The van der Waals surface area contributed by atoms with E-state index in [1.807, 2.05) is 25.1 Å². The number of nitrogens with zero attached hydrogens (tertiary/aromatic N) is 2. The van der Waals surface area contributed by atoms with Gasteiger partial charge >= 0.3 is 5.97 Å². The fraction of sp³-hybridized carbons (Fsp3) is 0.118. The Morgan fingerprint density at radius 2 is 1.78 bits per heavy atom. The summed E-state index contributed by atoms with van der Waals surface area (Å²) in [5.41, 5.74) is 2.62. The lowest BCUT2D eigenvalue weighted by Crippen LogP contribution is -1.94. The Labute approximate surface area is 132 Å². The molecule has 0 bridgehead atoms.